The Hall–Kier alpha value is -2.21. The molecule has 1 fully saturated rings. The van der Waals surface area contributed by atoms with Crippen LogP contribution in [0.15, 0.2) is 30.6 Å². The highest BCUT2D eigenvalue weighted by Crippen LogP contribution is 2.44. The lowest BCUT2D eigenvalue weighted by Crippen LogP contribution is -1.97. The molecule has 3 heterocycles. The smallest absolute Gasteiger partial charge is 0.347 e. The maximum atomic E-state index is 11.3. The molecule has 100 valence electrons. The fourth-order valence-electron chi connectivity index (χ4n) is 2.27. The first-order valence-corrected chi connectivity index (χ1v) is 7.22. The van der Waals surface area contributed by atoms with E-state index in [9.17, 15) is 9.90 Å². The van der Waals surface area contributed by atoms with Crippen molar-refractivity contribution >= 4 is 23.0 Å². The van der Waals surface area contributed by atoms with Crippen molar-refractivity contribution in [2.75, 3.05) is 0 Å². The molecule has 0 atom stereocenters. The van der Waals surface area contributed by atoms with Gasteiger partial charge in [0.05, 0.1) is 5.69 Å². The number of thiazole rings is 1. The highest BCUT2D eigenvalue weighted by atomic mass is 32.1. The van der Waals surface area contributed by atoms with Gasteiger partial charge in [-0.15, -0.1) is 11.3 Å². The number of fused-ring (bicyclic) bond motifs is 1. The largest absolute Gasteiger partial charge is 0.477 e. The van der Waals surface area contributed by atoms with Gasteiger partial charge in [-0.1, -0.05) is 6.07 Å². The van der Waals surface area contributed by atoms with Crippen LogP contribution in [0.3, 0.4) is 0 Å². The van der Waals surface area contributed by atoms with Crippen molar-refractivity contribution in [3.63, 3.8) is 0 Å². The van der Waals surface area contributed by atoms with E-state index in [1.807, 2.05) is 35.0 Å². The second-order valence-corrected chi connectivity index (χ2v) is 5.90. The Kier molecular flexibility index (Phi) is 2.40. The summed E-state index contributed by atoms with van der Waals surface area (Å²) in [4.78, 5) is 20.7. The fourth-order valence-corrected chi connectivity index (χ4v) is 3.21. The molecular formula is C14H11N3O2S. The van der Waals surface area contributed by atoms with Gasteiger partial charge in [0.2, 0.25) is 0 Å². The van der Waals surface area contributed by atoms with Gasteiger partial charge in [0.15, 0.2) is 0 Å². The Morgan fingerprint density at radius 1 is 1.35 bits per heavy atom. The van der Waals surface area contributed by atoms with Crippen LogP contribution >= 0.6 is 11.3 Å². The summed E-state index contributed by atoms with van der Waals surface area (Å²) in [6, 6.07) is 5.77. The summed E-state index contributed by atoms with van der Waals surface area (Å²) in [5, 5.41) is 9.98. The number of carboxylic acids is 1. The number of pyridine rings is 1. The van der Waals surface area contributed by atoms with Gasteiger partial charge in [-0.05, 0) is 25.0 Å². The van der Waals surface area contributed by atoms with E-state index in [4.69, 9.17) is 0 Å². The van der Waals surface area contributed by atoms with Crippen molar-refractivity contribution in [1.82, 2.24) is 14.4 Å². The summed E-state index contributed by atoms with van der Waals surface area (Å²) in [5.74, 6) is -0.567. The van der Waals surface area contributed by atoms with Crippen LogP contribution in [0.2, 0.25) is 0 Å². The minimum Gasteiger partial charge on any atom is -0.477 e. The van der Waals surface area contributed by atoms with E-state index >= 15 is 0 Å². The number of carbonyl (C=O) groups is 1. The molecule has 0 saturated heterocycles. The van der Waals surface area contributed by atoms with Gasteiger partial charge < -0.3 is 9.51 Å². The Balaban J connectivity index is 1.85. The van der Waals surface area contributed by atoms with Crippen molar-refractivity contribution in [3.8, 4) is 10.7 Å². The highest BCUT2D eigenvalue weighted by Gasteiger charge is 2.32. The standard InChI is InChI=1S/C14H11N3O2S/c18-14(19)12-11(8-4-5-8)16-13(20-12)9-7-17-6-2-1-3-10(17)15-9/h1-3,6-8H,4-5H2,(H,18,19). The van der Waals surface area contributed by atoms with E-state index in [2.05, 4.69) is 9.97 Å². The van der Waals surface area contributed by atoms with E-state index in [1.165, 1.54) is 11.3 Å². The predicted molar refractivity (Wildman–Crippen MR) is 75.2 cm³/mol. The van der Waals surface area contributed by atoms with E-state index in [0.717, 1.165) is 29.9 Å². The molecule has 6 heteroatoms. The van der Waals surface area contributed by atoms with Crippen molar-refractivity contribution in [2.24, 2.45) is 0 Å². The van der Waals surface area contributed by atoms with Crippen LogP contribution in [0.5, 0.6) is 0 Å². The van der Waals surface area contributed by atoms with Gasteiger partial charge >= 0.3 is 5.97 Å². The molecule has 0 aromatic carbocycles. The first-order valence-electron chi connectivity index (χ1n) is 6.40. The third-order valence-electron chi connectivity index (χ3n) is 3.39. The van der Waals surface area contributed by atoms with Crippen LogP contribution in [0, 0.1) is 0 Å². The molecule has 1 aliphatic carbocycles. The number of imidazole rings is 1. The Morgan fingerprint density at radius 2 is 2.20 bits per heavy atom. The lowest BCUT2D eigenvalue weighted by Gasteiger charge is -1.91. The average Bonchev–Trinajstić information content (AvgIpc) is 3.04. The van der Waals surface area contributed by atoms with Gasteiger partial charge in [-0.2, -0.15) is 0 Å². The first-order chi connectivity index (χ1) is 9.72. The Morgan fingerprint density at radius 3 is 2.90 bits per heavy atom. The monoisotopic (exact) mass is 285 g/mol. The molecule has 0 amide bonds. The molecule has 5 nitrogen and oxygen atoms in total. The molecule has 1 saturated carbocycles. The highest BCUT2D eigenvalue weighted by molar-refractivity contribution is 7.17. The normalized spacial score (nSPS) is 14.8. The lowest BCUT2D eigenvalue weighted by molar-refractivity contribution is 0.0700. The number of hydrogen-bond acceptors (Lipinski definition) is 4. The predicted octanol–water partition coefficient (Wildman–Crippen LogP) is 3.03. The maximum absolute atomic E-state index is 11.3. The number of rotatable bonds is 3. The van der Waals surface area contributed by atoms with E-state index in [1.54, 1.807) is 0 Å². The molecule has 0 bridgehead atoms. The van der Waals surface area contributed by atoms with Gasteiger partial charge in [-0.25, -0.2) is 14.8 Å². The number of hydrogen-bond donors (Lipinski definition) is 1. The summed E-state index contributed by atoms with van der Waals surface area (Å²) in [6.07, 6.45) is 5.87. The van der Waals surface area contributed by atoms with Crippen LogP contribution in [-0.2, 0) is 0 Å². The molecule has 3 aromatic heterocycles. The van der Waals surface area contributed by atoms with Crippen molar-refractivity contribution < 1.29 is 9.90 Å². The quantitative estimate of drug-likeness (QED) is 0.803. The van der Waals surface area contributed by atoms with Crippen LogP contribution < -0.4 is 0 Å². The van der Waals surface area contributed by atoms with Crippen molar-refractivity contribution in [3.05, 3.63) is 41.2 Å². The SMILES string of the molecule is O=C(O)c1sc(-c2cn3ccccc3n2)nc1C1CC1. The molecule has 3 aromatic rings. The van der Waals surface area contributed by atoms with E-state index < -0.39 is 5.97 Å². The summed E-state index contributed by atoms with van der Waals surface area (Å²) in [5.41, 5.74) is 2.30. The Bertz CT molecular complexity index is 784. The molecule has 1 aliphatic rings. The second-order valence-electron chi connectivity index (χ2n) is 4.91. The van der Waals surface area contributed by atoms with Crippen molar-refractivity contribution in [2.45, 2.75) is 18.8 Å². The maximum Gasteiger partial charge on any atom is 0.347 e. The zero-order chi connectivity index (χ0) is 13.7. The second kappa shape index (κ2) is 4.14. The summed E-state index contributed by atoms with van der Waals surface area (Å²) in [7, 11) is 0. The van der Waals surface area contributed by atoms with Crippen LogP contribution in [0.25, 0.3) is 16.3 Å². The zero-order valence-corrected chi connectivity index (χ0v) is 11.3. The molecule has 1 N–H and O–H groups in total. The minimum atomic E-state index is -0.889. The van der Waals surface area contributed by atoms with Crippen LogP contribution in [0.4, 0.5) is 0 Å². The number of aromatic carboxylic acids is 1. The molecule has 0 unspecified atom stereocenters. The third kappa shape index (κ3) is 1.80. The summed E-state index contributed by atoms with van der Waals surface area (Å²) in [6.45, 7) is 0. The summed E-state index contributed by atoms with van der Waals surface area (Å²) < 4.78 is 1.91. The molecule has 0 radical (unpaired) electrons. The van der Waals surface area contributed by atoms with Crippen LogP contribution in [-0.4, -0.2) is 25.4 Å². The zero-order valence-electron chi connectivity index (χ0n) is 10.5. The van der Waals surface area contributed by atoms with Crippen molar-refractivity contribution in [1.29, 1.82) is 0 Å². The van der Waals surface area contributed by atoms with Gasteiger partial charge in [0.1, 0.15) is 21.2 Å². The lowest BCUT2D eigenvalue weighted by atomic mass is 10.2. The van der Waals surface area contributed by atoms with E-state index in [0.29, 0.717) is 15.8 Å². The molecule has 4 rings (SSSR count). The number of nitrogens with zero attached hydrogens (tertiary/aromatic N) is 3. The fraction of sp³-hybridized carbons (Fsp3) is 0.214. The van der Waals surface area contributed by atoms with Gasteiger partial charge in [0.25, 0.3) is 0 Å². The Labute approximate surface area is 118 Å². The molecular weight excluding hydrogens is 274 g/mol. The first kappa shape index (κ1) is 11.6. The van der Waals surface area contributed by atoms with Crippen LogP contribution in [0.1, 0.15) is 34.1 Å². The number of carboxylic acid groups (broad SMARTS) is 1. The number of aromatic nitrogens is 3. The third-order valence-corrected chi connectivity index (χ3v) is 4.48. The average molecular weight is 285 g/mol. The summed E-state index contributed by atoms with van der Waals surface area (Å²) >= 11 is 1.22. The topological polar surface area (TPSA) is 67.5 Å². The molecule has 0 spiro atoms. The minimum absolute atomic E-state index is 0.322. The van der Waals surface area contributed by atoms with Gasteiger partial charge in [0, 0.05) is 18.3 Å². The van der Waals surface area contributed by atoms with Gasteiger partial charge in [-0.3, -0.25) is 0 Å². The van der Waals surface area contributed by atoms with E-state index in [-0.39, 0.29) is 0 Å². The molecule has 20 heavy (non-hydrogen) atoms. The molecule has 0 aliphatic heterocycles.